The summed E-state index contributed by atoms with van der Waals surface area (Å²) in [6.07, 6.45) is 0.581. The first-order valence-corrected chi connectivity index (χ1v) is 7.03. The second-order valence-corrected chi connectivity index (χ2v) is 4.89. The Morgan fingerprint density at radius 3 is 2.71 bits per heavy atom. The molecule has 0 saturated carbocycles. The molecule has 6 heteroatoms. The lowest BCUT2D eigenvalue weighted by atomic mass is 10.1. The van der Waals surface area contributed by atoms with E-state index in [2.05, 4.69) is 5.32 Å². The molecule has 21 heavy (non-hydrogen) atoms. The number of hydrogen-bond donors (Lipinski definition) is 3. The zero-order chi connectivity index (χ0) is 15.8. The van der Waals surface area contributed by atoms with Crippen molar-refractivity contribution in [3.05, 3.63) is 29.3 Å². The Hall–Kier alpha value is -1.92. The van der Waals surface area contributed by atoms with Gasteiger partial charge < -0.3 is 25.6 Å². The summed E-state index contributed by atoms with van der Waals surface area (Å²) in [6, 6.07) is 4.74. The number of nitrogens with one attached hydrogen (secondary N) is 1. The zero-order valence-corrected chi connectivity index (χ0v) is 12.4. The highest BCUT2D eigenvalue weighted by atomic mass is 16.4. The van der Waals surface area contributed by atoms with Crippen LogP contribution in [0.1, 0.15) is 24.5 Å². The average Bonchev–Trinajstić information content (AvgIpc) is 2.45. The maximum Gasteiger partial charge on any atom is 0.230 e. The van der Waals surface area contributed by atoms with Crippen molar-refractivity contribution in [3.8, 4) is 0 Å². The van der Waals surface area contributed by atoms with Gasteiger partial charge in [-0.3, -0.25) is 4.79 Å². The number of amides is 1. The molecule has 0 heterocycles. The molecule has 0 spiro atoms. The highest BCUT2D eigenvalue weighted by Crippen LogP contribution is 2.21. The van der Waals surface area contributed by atoms with Crippen LogP contribution in [0.2, 0.25) is 0 Å². The van der Waals surface area contributed by atoms with Crippen molar-refractivity contribution < 1.29 is 25.1 Å². The lowest BCUT2D eigenvalue weighted by Gasteiger charge is -2.17. The first-order chi connectivity index (χ1) is 9.99. The summed E-state index contributed by atoms with van der Waals surface area (Å²) in [7, 11) is 0. The number of aryl methyl sites for hydroxylation is 2. The number of carboxylic acids is 1. The van der Waals surface area contributed by atoms with E-state index in [1.54, 1.807) is 0 Å². The standard InChI is InChI=1S/C15H22N2O4/c1-3-11-6-4-5-10(2)14(11)17-13(19)9-12(15(20)21)16-7-8-18/h4-6,12,16,18H,3,7-9H2,1-2H3,(H,17,19)(H,20,21)/t12-/m1/s1. The van der Waals surface area contributed by atoms with Crippen molar-refractivity contribution in [3.63, 3.8) is 0 Å². The van der Waals surface area contributed by atoms with E-state index < -0.39 is 12.0 Å². The van der Waals surface area contributed by atoms with Crippen LogP contribution < -0.4 is 15.7 Å². The summed E-state index contributed by atoms with van der Waals surface area (Å²) in [4.78, 5) is 23.0. The predicted octanol–water partition coefficient (Wildman–Crippen LogP) is -1.44. The molecule has 1 aromatic rings. The minimum atomic E-state index is -1.31. The zero-order valence-electron chi connectivity index (χ0n) is 12.4. The van der Waals surface area contributed by atoms with E-state index in [9.17, 15) is 14.7 Å². The van der Waals surface area contributed by atoms with Crippen molar-refractivity contribution in [1.82, 2.24) is 0 Å². The van der Waals surface area contributed by atoms with Crippen LogP contribution in [0.25, 0.3) is 0 Å². The van der Waals surface area contributed by atoms with Crippen molar-refractivity contribution in [2.45, 2.75) is 32.7 Å². The Kier molecular flexibility index (Phi) is 6.84. The molecule has 116 valence electrons. The molecule has 0 aliphatic carbocycles. The third kappa shape index (κ3) is 5.17. The third-order valence-corrected chi connectivity index (χ3v) is 3.29. The van der Waals surface area contributed by atoms with E-state index in [4.69, 9.17) is 5.11 Å². The summed E-state index contributed by atoms with van der Waals surface area (Å²) in [6.45, 7) is 3.95. The second-order valence-electron chi connectivity index (χ2n) is 4.89. The molecule has 0 aliphatic rings. The number of hydrogen-bond acceptors (Lipinski definition) is 4. The molecular formula is C15H22N2O4. The van der Waals surface area contributed by atoms with Gasteiger partial charge in [0, 0.05) is 5.69 Å². The summed E-state index contributed by atoms with van der Waals surface area (Å²) in [5.74, 6) is -1.68. The van der Waals surface area contributed by atoms with Crippen molar-refractivity contribution >= 4 is 17.6 Å². The summed E-state index contributed by atoms with van der Waals surface area (Å²) in [5.41, 5.74) is 2.68. The molecule has 0 saturated heterocycles. The smallest absolute Gasteiger partial charge is 0.230 e. The van der Waals surface area contributed by atoms with Crippen molar-refractivity contribution in [2.75, 3.05) is 18.5 Å². The molecule has 0 aromatic heterocycles. The molecule has 0 aliphatic heterocycles. The van der Waals surface area contributed by atoms with Crippen LogP contribution in [0.5, 0.6) is 0 Å². The first kappa shape index (κ1) is 17.1. The van der Waals surface area contributed by atoms with Gasteiger partial charge in [-0.25, -0.2) is 0 Å². The maximum absolute atomic E-state index is 12.0. The number of carbonyl (C=O) groups is 2. The largest absolute Gasteiger partial charge is 0.544 e. The van der Waals surface area contributed by atoms with Gasteiger partial charge in [0.25, 0.3) is 0 Å². The molecule has 6 nitrogen and oxygen atoms in total. The van der Waals surface area contributed by atoms with Crippen LogP contribution in [0.15, 0.2) is 18.2 Å². The van der Waals surface area contributed by atoms with E-state index >= 15 is 0 Å². The fraction of sp³-hybridized carbons (Fsp3) is 0.467. The quantitative estimate of drug-likeness (QED) is 0.546. The SMILES string of the molecule is CCc1cccc(C)c1NC(=O)C[C@@H]([NH2+]CCO)C(=O)[O-]. The van der Waals surface area contributed by atoms with E-state index in [0.717, 1.165) is 23.2 Å². The van der Waals surface area contributed by atoms with Gasteiger partial charge in [0.05, 0.1) is 25.5 Å². The third-order valence-electron chi connectivity index (χ3n) is 3.29. The molecule has 0 fully saturated rings. The summed E-state index contributed by atoms with van der Waals surface area (Å²) in [5, 5.41) is 23.9. The van der Waals surface area contributed by atoms with Gasteiger partial charge in [-0.1, -0.05) is 25.1 Å². The average molecular weight is 294 g/mol. The van der Waals surface area contributed by atoms with Crippen LogP contribution >= 0.6 is 0 Å². The van der Waals surface area contributed by atoms with Crippen LogP contribution in [0.3, 0.4) is 0 Å². The maximum atomic E-state index is 12.0. The monoisotopic (exact) mass is 294 g/mol. The number of para-hydroxylation sites is 1. The summed E-state index contributed by atoms with van der Waals surface area (Å²) < 4.78 is 0. The number of quaternary nitrogens is 1. The molecule has 1 amide bonds. The topological polar surface area (TPSA) is 106 Å². The van der Waals surface area contributed by atoms with Crippen LogP contribution in [0.4, 0.5) is 5.69 Å². The molecular weight excluding hydrogens is 272 g/mol. The number of rotatable bonds is 8. The Labute approximate surface area is 124 Å². The van der Waals surface area contributed by atoms with Crippen molar-refractivity contribution in [2.24, 2.45) is 0 Å². The van der Waals surface area contributed by atoms with Gasteiger partial charge in [-0.15, -0.1) is 0 Å². The minimum Gasteiger partial charge on any atom is -0.544 e. The number of carboxylic acid groups (broad SMARTS) is 1. The van der Waals surface area contributed by atoms with Crippen molar-refractivity contribution in [1.29, 1.82) is 0 Å². The van der Waals surface area contributed by atoms with E-state index in [1.165, 1.54) is 5.32 Å². The Morgan fingerprint density at radius 2 is 2.14 bits per heavy atom. The molecule has 0 radical (unpaired) electrons. The number of aliphatic hydroxyl groups excluding tert-OH is 1. The van der Waals surface area contributed by atoms with Crippen LogP contribution in [0, 0.1) is 6.92 Å². The van der Waals surface area contributed by atoms with E-state index in [1.807, 2.05) is 32.0 Å². The van der Waals surface area contributed by atoms with Gasteiger partial charge in [-0.2, -0.15) is 0 Å². The van der Waals surface area contributed by atoms with Crippen LogP contribution in [-0.4, -0.2) is 36.2 Å². The molecule has 1 aromatic carbocycles. The fourth-order valence-electron chi connectivity index (χ4n) is 2.13. The fourth-order valence-corrected chi connectivity index (χ4v) is 2.13. The van der Waals surface area contributed by atoms with Gasteiger partial charge in [0.15, 0.2) is 0 Å². The lowest BCUT2D eigenvalue weighted by molar-refractivity contribution is -0.683. The number of aliphatic hydroxyl groups is 1. The van der Waals surface area contributed by atoms with E-state index in [0.29, 0.717) is 0 Å². The number of nitrogens with two attached hydrogens (primary N) is 1. The number of anilines is 1. The molecule has 1 atom stereocenters. The normalized spacial score (nSPS) is 12.0. The first-order valence-electron chi connectivity index (χ1n) is 7.03. The molecule has 4 N–H and O–H groups in total. The highest BCUT2D eigenvalue weighted by molar-refractivity contribution is 5.94. The van der Waals surface area contributed by atoms with Gasteiger partial charge >= 0.3 is 0 Å². The number of carbonyl (C=O) groups excluding carboxylic acids is 2. The van der Waals surface area contributed by atoms with Gasteiger partial charge in [-0.05, 0) is 24.5 Å². The Bertz CT molecular complexity index is 502. The number of benzene rings is 1. The lowest BCUT2D eigenvalue weighted by Crippen LogP contribution is -2.94. The van der Waals surface area contributed by atoms with Gasteiger partial charge in [0.2, 0.25) is 5.91 Å². The molecule has 0 bridgehead atoms. The molecule has 0 unspecified atom stereocenters. The Morgan fingerprint density at radius 1 is 1.43 bits per heavy atom. The van der Waals surface area contributed by atoms with E-state index in [-0.39, 0.29) is 25.5 Å². The molecule has 1 rings (SSSR count). The predicted molar refractivity (Wildman–Crippen MR) is 76.5 cm³/mol. The second kappa shape index (κ2) is 8.39. The minimum absolute atomic E-state index is 0.150. The Balaban J connectivity index is 2.74. The number of aliphatic carboxylic acids is 1. The van der Waals surface area contributed by atoms with Crippen LogP contribution in [-0.2, 0) is 16.0 Å². The highest BCUT2D eigenvalue weighted by Gasteiger charge is 2.19. The summed E-state index contributed by atoms with van der Waals surface area (Å²) >= 11 is 0. The van der Waals surface area contributed by atoms with Gasteiger partial charge in [0.1, 0.15) is 6.04 Å².